The molecule has 14 rings (SSSR count). The third-order valence-corrected chi connectivity index (χ3v) is 18.5. The van der Waals surface area contributed by atoms with E-state index in [9.17, 15) is 0 Å². The van der Waals surface area contributed by atoms with Gasteiger partial charge in [-0.2, -0.15) is 0 Å². The van der Waals surface area contributed by atoms with E-state index in [0.717, 1.165) is 11.4 Å². The molecule has 14 aromatic rings. The summed E-state index contributed by atoms with van der Waals surface area (Å²) in [6, 6.07) is 76.9. The maximum Gasteiger partial charge on any atom is 0.0540 e. The Kier molecular flexibility index (Phi) is 10.3. The molecule has 0 N–H and O–H groups in total. The van der Waals surface area contributed by atoms with Gasteiger partial charge in [-0.3, -0.25) is 0 Å². The van der Waals surface area contributed by atoms with Crippen LogP contribution in [0.4, 0.5) is 34.1 Å². The third-order valence-electron chi connectivity index (χ3n) is 16.1. The average molecular weight is 985 g/mol. The van der Waals surface area contributed by atoms with E-state index < -0.39 is 0 Å². The molecule has 74 heavy (non-hydrogen) atoms. The van der Waals surface area contributed by atoms with Gasteiger partial charge in [0.2, 0.25) is 0 Å². The fraction of sp³-hybridized carbons (Fsp3) is 0.0857. The molecule has 0 amide bonds. The molecule has 4 heteroatoms. The van der Waals surface area contributed by atoms with Crippen molar-refractivity contribution in [2.75, 3.05) is 9.80 Å². The van der Waals surface area contributed by atoms with E-state index >= 15 is 0 Å². The van der Waals surface area contributed by atoms with E-state index in [1.807, 2.05) is 22.7 Å². The fourth-order valence-electron chi connectivity index (χ4n) is 12.4. The van der Waals surface area contributed by atoms with E-state index in [1.165, 1.54) is 151 Å². The highest BCUT2D eigenvalue weighted by atomic mass is 32.1. The summed E-state index contributed by atoms with van der Waals surface area (Å²) in [4.78, 5) is 5.06. The molecule has 2 aromatic heterocycles. The number of hydrogen-bond acceptors (Lipinski definition) is 4. The number of nitrogens with zero attached hydrogens (tertiary/aromatic N) is 2. The lowest BCUT2D eigenvalue weighted by molar-refractivity contribution is 1.20. The van der Waals surface area contributed by atoms with E-state index in [-0.39, 0.29) is 0 Å². The molecule has 0 atom stereocenters. The van der Waals surface area contributed by atoms with E-state index in [0.29, 0.717) is 0 Å². The highest BCUT2D eigenvalue weighted by molar-refractivity contribution is 7.26. The minimum absolute atomic E-state index is 1.14. The van der Waals surface area contributed by atoms with Gasteiger partial charge in [-0.25, -0.2) is 0 Å². The molecule has 12 aromatic carbocycles. The molecule has 0 radical (unpaired) electrons. The molecule has 0 spiro atoms. The number of thiophene rings is 2. The van der Waals surface area contributed by atoms with Crippen LogP contribution in [0.1, 0.15) is 33.4 Å². The predicted octanol–water partition coefficient (Wildman–Crippen LogP) is 21.4. The van der Waals surface area contributed by atoms with E-state index in [1.54, 1.807) is 0 Å². The van der Waals surface area contributed by atoms with Crippen LogP contribution in [0.25, 0.3) is 94.9 Å². The van der Waals surface area contributed by atoms with Crippen molar-refractivity contribution in [3.63, 3.8) is 0 Å². The number of hydrogen-bond donors (Lipinski definition) is 0. The lowest BCUT2D eigenvalue weighted by Gasteiger charge is -2.33. The second-order valence-corrected chi connectivity index (χ2v) is 22.3. The van der Waals surface area contributed by atoms with E-state index in [4.69, 9.17) is 0 Å². The van der Waals surface area contributed by atoms with E-state index in [2.05, 4.69) is 258 Å². The summed E-state index contributed by atoms with van der Waals surface area (Å²) in [5.74, 6) is 0. The lowest BCUT2D eigenvalue weighted by Crippen LogP contribution is -2.15. The first-order valence-electron chi connectivity index (χ1n) is 25.7. The highest BCUT2D eigenvalue weighted by Crippen LogP contribution is 2.52. The summed E-state index contributed by atoms with van der Waals surface area (Å²) in [7, 11) is 0. The van der Waals surface area contributed by atoms with Gasteiger partial charge in [-0.15, -0.1) is 22.7 Å². The van der Waals surface area contributed by atoms with Crippen LogP contribution in [0.2, 0.25) is 0 Å². The maximum absolute atomic E-state index is 2.53. The van der Waals surface area contributed by atoms with Crippen LogP contribution in [0.3, 0.4) is 0 Å². The molecule has 0 unspecified atom stereocenters. The molecule has 0 saturated carbocycles. The Balaban J connectivity index is 0.957. The van der Waals surface area contributed by atoms with Crippen molar-refractivity contribution in [1.29, 1.82) is 0 Å². The standard InChI is InChI=1S/C70H52N2S2/c1-41-39-59(55-27-17-25-53-51-23-13-15-29-63(51)73-69(53)55)43(3)45(5)67(41)71(49-19-9-7-10-20-49)61-37-33-47-32-36-58-62(38-34-48-31-35-57(61)65(47)66(48)58)72(50-21-11-8-12-22-50)68-42(2)40-60(44(4)46(68)6)56-28-18-26-54-52-24-14-16-30-64(52)74-70(54)56/h7-40H,1-6H3. The monoisotopic (exact) mass is 984 g/mol. The van der Waals surface area contributed by atoms with Crippen molar-refractivity contribution < 1.29 is 0 Å². The topological polar surface area (TPSA) is 6.48 Å². The zero-order valence-corrected chi connectivity index (χ0v) is 44.0. The van der Waals surface area contributed by atoms with Crippen LogP contribution >= 0.6 is 22.7 Å². The van der Waals surface area contributed by atoms with Gasteiger partial charge < -0.3 is 9.80 Å². The largest absolute Gasteiger partial charge is 0.309 e. The Labute approximate surface area is 440 Å². The van der Waals surface area contributed by atoms with Crippen molar-refractivity contribution in [2.45, 2.75) is 41.5 Å². The van der Waals surface area contributed by atoms with Gasteiger partial charge in [0.1, 0.15) is 0 Å². The van der Waals surface area contributed by atoms with Gasteiger partial charge in [0.05, 0.1) is 22.7 Å². The SMILES string of the molecule is Cc1cc(-c2cccc3c2sc2ccccc23)c(C)c(C)c1N(c1ccccc1)c1ccc2ccc3c(N(c4ccccc4)c4c(C)cc(-c5cccc6c5sc5ccccc56)c(C)c4C)ccc4ccc1c2c43. The summed E-state index contributed by atoms with van der Waals surface area (Å²) in [6.45, 7) is 13.9. The van der Waals surface area contributed by atoms with Crippen LogP contribution < -0.4 is 9.80 Å². The Morgan fingerprint density at radius 1 is 0.297 bits per heavy atom. The first-order valence-corrected chi connectivity index (χ1v) is 27.3. The summed E-state index contributed by atoms with van der Waals surface area (Å²) >= 11 is 3.80. The summed E-state index contributed by atoms with van der Waals surface area (Å²) < 4.78 is 5.35. The summed E-state index contributed by atoms with van der Waals surface area (Å²) in [6.07, 6.45) is 0. The zero-order valence-electron chi connectivity index (χ0n) is 42.3. The molecule has 0 aliphatic heterocycles. The fourth-order valence-corrected chi connectivity index (χ4v) is 14.9. The zero-order chi connectivity index (χ0) is 49.9. The van der Waals surface area contributed by atoms with Crippen molar-refractivity contribution >= 4 is 129 Å². The molecule has 0 aliphatic rings. The maximum atomic E-state index is 2.53. The average Bonchev–Trinajstić information content (AvgIpc) is 4.07. The van der Waals surface area contributed by atoms with Gasteiger partial charge >= 0.3 is 0 Å². The van der Waals surface area contributed by atoms with Crippen molar-refractivity contribution in [3.05, 3.63) is 240 Å². The molecule has 354 valence electrons. The molecule has 0 saturated heterocycles. The number of fused-ring (bicyclic) bond motifs is 6. The Morgan fingerprint density at radius 3 is 1.11 bits per heavy atom. The lowest BCUT2D eigenvalue weighted by atomic mass is 9.89. The van der Waals surface area contributed by atoms with Crippen LogP contribution in [0.15, 0.2) is 206 Å². The van der Waals surface area contributed by atoms with Gasteiger partial charge in [0.15, 0.2) is 0 Å². The number of rotatable bonds is 8. The molecule has 0 bridgehead atoms. The van der Waals surface area contributed by atoms with Gasteiger partial charge in [-0.1, -0.05) is 146 Å². The van der Waals surface area contributed by atoms with Crippen molar-refractivity contribution in [1.82, 2.24) is 0 Å². The number of para-hydroxylation sites is 2. The summed E-state index contributed by atoms with van der Waals surface area (Å²) in [5, 5.41) is 12.8. The van der Waals surface area contributed by atoms with Crippen LogP contribution in [0.5, 0.6) is 0 Å². The van der Waals surface area contributed by atoms with Crippen LogP contribution in [-0.4, -0.2) is 0 Å². The number of aryl methyl sites for hydroxylation is 2. The first-order chi connectivity index (χ1) is 36.2. The minimum atomic E-state index is 1.14. The molecular weight excluding hydrogens is 933 g/mol. The smallest absolute Gasteiger partial charge is 0.0540 e. The van der Waals surface area contributed by atoms with Gasteiger partial charge in [0.25, 0.3) is 0 Å². The molecular formula is C70H52N2S2. The second kappa shape index (κ2) is 17.2. The predicted molar refractivity (Wildman–Crippen MR) is 325 cm³/mol. The van der Waals surface area contributed by atoms with Gasteiger partial charge in [0, 0.05) is 62.5 Å². The molecule has 2 heterocycles. The third kappa shape index (κ3) is 6.68. The highest BCUT2D eigenvalue weighted by Gasteiger charge is 2.27. The van der Waals surface area contributed by atoms with Crippen molar-refractivity contribution in [3.8, 4) is 22.3 Å². The Bertz CT molecular complexity index is 4270. The molecule has 0 aliphatic carbocycles. The van der Waals surface area contributed by atoms with Crippen LogP contribution in [0, 0.1) is 41.5 Å². The second-order valence-electron chi connectivity index (χ2n) is 20.2. The first kappa shape index (κ1) is 44.4. The Morgan fingerprint density at radius 2 is 0.676 bits per heavy atom. The summed E-state index contributed by atoms with van der Waals surface area (Å²) in [5.41, 5.74) is 19.9. The molecule has 2 nitrogen and oxygen atoms in total. The Hall–Kier alpha value is -8.28. The number of benzene rings is 12. The quantitative estimate of drug-likeness (QED) is 0.140. The van der Waals surface area contributed by atoms with Crippen molar-refractivity contribution in [2.24, 2.45) is 0 Å². The normalized spacial score (nSPS) is 11.9. The van der Waals surface area contributed by atoms with Gasteiger partial charge in [-0.05, 0) is 179 Å². The van der Waals surface area contributed by atoms with Crippen LogP contribution in [-0.2, 0) is 0 Å². The number of anilines is 6. The minimum Gasteiger partial charge on any atom is -0.309 e. The molecule has 0 fully saturated rings.